The second-order valence-corrected chi connectivity index (χ2v) is 5.28. The van der Waals surface area contributed by atoms with Crippen molar-refractivity contribution >= 4 is 6.09 Å². The van der Waals surface area contributed by atoms with Gasteiger partial charge in [-0.25, -0.2) is 4.79 Å². The first-order valence-corrected chi connectivity index (χ1v) is 6.10. The van der Waals surface area contributed by atoms with E-state index in [1.807, 2.05) is 27.7 Å². The third kappa shape index (κ3) is 4.04. The van der Waals surface area contributed by atoms with Gasteiger partial charge in [0.1, 0.15) is 5.60 Å². The predicted molar refractivity (Wildman–Crippen MR) is 67.0 cm³/mol. The van der Waals surface area contributed by atoms with Crippen LogP contribution in [-0.2, 0) is 9.47 Å². The lowest BCUT2D eigenvalue weighted by Gasteiger charge is -2.37. The summed E-state index contributed by atoms with van der Waals surface area (Å²) in [5, 5.41) is 0. The van der Waals surface area contributed by atoms with Gasteiger partial charge < -0.3 is 9.47 Å². The number of hydrogen-bond acceptors (Lipinski definition) is 3. The first-order valence-electron chi connectivity index (χ1n) is 6.10. The van der Waals surface area contributed by atoms with Crippen LogP contribution in [-0.4, -0.2) is 42.4 Å². The summed E-state index contributed by atoms with van der Waals surface area (Å²) in [4.78, 5) is 13.8. The lowest BCUT2D eigenvalue weighted by molar-refractivity contribution is -0.0244. The molecule has 1 heterocycles. The van der Waals surface area contributed by atoms with Crippen molar-refractivity contribution in [2.75, 3.05) is 19.8 Å². The summed E-state index contributed by atoms with van der Waals surface area (Å²) in [5.41, 5.74) is 0.545. The summed E-state index contributed by atoms with van der Waals surface area (Å²) >= 11 is 0. The maximum atomic E-state index is 12.1. The Bertz CT molecular complexity index is 294. The van der Waals surface area contributed by atoms with Gasteiger partial charge in [-0.05, 0) is 27.2 Å². The molecule has 1 fully saturated rings. The smallest absolute Gasteiger partial charge is 0.410 e. The molecular formula is C13H23NO3. The first-order chi connectivity index (χ1) is 7.85. The largest absolute Gasteiger partial charge is 0.444 e. The van der Waals surface area contributed by atoms with Crippen LogP contribution in [0.2, 0.25) is 0 Å². The highest BCUT2D eigenvalue weighted by Gasteiger charge is 2.31. The number of morpholine rings is 1. The minimum absolute atomic E-state index is 0.0522. The number of ether oxygens (including phenoxy) is 2. The molecule has 1 atom stereocenters. The minimum Gasteiger partial charge on any atom is -0.444 e. The molecule has 0 N–H and O–H groups in total. The molecule has 1 amide bonds. The van der Waals surface area contributed by atoms with Crippen molar-refractivity contribution in [3.63, 3.8) is 0 Å². The van der Waals surface area contributed by atoms with Crippen molar-refractivity contribution < 1.29 is 14.3 Å². The molecule has 0 unspecified atom stereocenters. The Hall–Kier alpha value is -1.03. The van der Waals surface area contributed by atoms with Crippen LogP contribution in [0.5, 0.6) is 0 Å². The maximum Gasteiger partial charge on any atom is 0.410 e. The molecular weight excluding hydrogens is 218 g/mol. The lowest BCUT2D eigenvalue weighted by atomic mass is 10.1. The van der Waals surface area contributed by atoms with Gasteiger partial charge in [0.25, 0.3) is 0 Å². The monoisotopic (exact) mass is 241 g/mol. The molecule has 17 heavy (non-hydrogen) atoms. The number of carbonyl (C=O) groups is 1. The van der Waals surface area contributed by atoms with E-state index in [0.29, 0.717) is 19.8 Å². The molecule has 1 rings (SSSR count). The number of amides is 1. The van der Waals surface area contributed by atoms with Gasteiger partial charge in [0.05, 0.1) is 19.3 Å². The fraction of sp³-hybridized carbons (Fsp3) is 0.769. The standard InChI is InChI=1S/C13H23NO3/c1-6-10(2)11-9-16-8-7-14(11)12(15)17-13(3,4)5/h11H,2,6-9H2,1,3-5H3/t11-/m0/s1. The highest BCUT2D eigenvalue weighted by atomic mass is 16.6. The van der Waals surface area contributed by atoms with E-state index < -0.39 is 5.60 Å². The van der Waals surface area contributed by atoms with Gasteiger partial charge in [0.2, 0.25) is 0 Å². The van der Waals surface area contributed by atoms with Crippen molar-refractivity contribution in [3.05, 3.63) is 12.2 Å². The molecule has 1 aliphatic rings. The molecule has 0 radical (unpaired) electrons. The summed E-state index contributed by atoms with van der Waals surface area (Å²) in [6.07, 6.45) is 0.563. The Kier molecular flexibility index (Phi) is 4.57. The van der Waals surface area contributed by atoms with E-state index in [1.165, 1.54) is 0 Å². The zero-order chi connectivity index (χ0) is 13.1. The Balaban J connectivity index is 2.71. The van der Waals surface area contributed by atoms with Crippen molar-refractivity contribution in [2.45, 2.75) is 45.8 Å². The van der Waals surface area contributed by atoms with Crippen LogP contribution in [0.3, 0.4) is 0 Å². The van der Waals surface area contributed by atoms with Crippen LogP contribution in [0.15, 0.2) is 12.2 Å². The molecule has 0 saturated carbocycles. The second-order valence-electron chi connectivity index (χ2n) is 5.28. The minimum atomic E-state index is -0.465. The van der Waals surface area contributed by atoms with Crippen LogP contribution in [0, 0.1) is 0 Å². The van der Waals surface area contributed by atoms with Gasteiger partial charge in [0, 0.05) is 6.54 Å². The summed E-state index contributed by atoms with van der Waals surface area (Å²) in [7, 11) is 0. The van der Waals surface area contributed by atoms with Gasteiger partial charge in [-0.1, -0.05) is 19.1 Å². The maximum absolute atomic E-state index is 12.1. The van der Waals surface area contributed by atoms with E-state index in [4.69, 9.17) is 9.47 Å². The van der Waals surface area contributed by atoms with E-state index in [0.717, 1.165) is 12.0 Å². The second kappa shape index (κ2) is 5.54. The molecule has 4 heteroatoms. The van der Waals surface area contributed by atoms with Crippen LogP contribution in [0.4, 0.5) is 4.79 Å². The Morgan fingerprint density at radius 1 is 1.53 bits per heavy atom. The molecule has 0 aliphatic carbocycles. The average Bonchev–Trinajstić information content (AvgIpc) is 2.25. The topological polar surface area (TPSA) is 38.8 Å². The van der Waals surface area contributed by atoms with Crippen molar-refractivity contribution in [3.8, 4) is 0 Å². The number of carbonyl (C=O) groups excluding carboxylic acids is 1. The van der Waals surface area contributed by atoms with E-state index in [-0.39, 0.29) is 12.1 Å². The summed E-state index contributed by atoms with van der Waals surface area (Å²) in [5.74, 6) is 0. The number of rotatable bonds is 2. The molecule has 0 spiro atoms. The predicted octanol–water partition coefficient (Wildman–Crippen LogP) is 2.59. The van der Waals surface area contributed by atoms with Crippen molar-refractivity contribution in [1.29, 1.82) is 0 Å². The van der Waals surface area contributed by atoms with Crippen LogP contribution >= 0.6 is 0 Å². The average molecular weight is 241 g/mol. The summed E-state index contributed by atoms with van der Waals surface area (Å²) < 4.78 is 10.8. The van der Waals surface area contributed by atoms with Crippen LogP contribution < -0.4 is 0 Å². The highest BCUT2D eigenvalue weighted by molar-refractivity contribution is 5.69. The fourth-order valence-corrected chi connectivity index (χ4v) is 1.72. The van der Waals surface area contributed by atoms with Gasteiger partial charge in [-0.3, -0.25) is 4.90 Å². The van der Waals surface area contributed by atoms with Crippen LogP contribution in [0.1, 0.15) is 34.1 Å². The van der Waals surface area contributed by atoms with E-state index in [9.17, 15) is 4.79 Å². The third-order valence-electron chi connectivity index (χ3n) is 2.68. The van der Waals surface area contributed by atoms with E-state index in [1.54, 1.807) is 4.90 Å². The first kappa shape index (κ1) is 14.0. The molecule has 1 aliphatic heterocycles. The van der Waals surface area contributed by atoms with Gasteiger partial charge in [0.15, 0.2) is 0 Å². The Labute approximate surface area is 104 Å². The normalized spacial score (nSPS) is 21.2. The molecule has 1 saturated heterocycles. The highest BCUT2D eigenvalue weighted by Crippen LogP contribution is 2.19. The summed E-state index contributed by atoms with van der Waals surface area (Å²) in [6.45, 7) is 13.3. The SMILES string of the molecule is C=C(CC)[C@@H]1COCCN1C(=O)OC(C)(C)C. The Morgan fingerprint density at radius 2 is 2.18 bits per heavy atom. The fourth-order valence-electron chi connectivity index (χ4n) is 1.72. The quantitative estimate of drug-likeness (QED) is 0.697. The third-order valence-corrected chi connectivity index (χ3v) is 2.68. The lowest BCUT2D eigenvalue weighted by Crippen LogP contribution is -2.51. The zero-order valence-corrected chi connectivity index (χ0v) is 11.3. The molecule has 0 aromatic carbocycles. The van der Waals surface area contributed by atoms with Crippen molar-refractivity contribution in [1.82, 2.24) is 4.90 Å². The number of hydrogen-bond donors (Lipinski definition) is 0. The van der Waals surface area contributed by atoms with Crippen molar-refractivity contribution in [2.24, 2.45) is 0 Å². The molecule has 0 bridgehead atoms. The van der Waals surface area contributed by atoms with Gasteiger partial charge in [-0.2, -0.15) is 0 Å². The summed E-state index contributed by atoms with van der Waals surface area (Å²) in [6, 6.07) is -0.0522. The van der Waals surface area contributed by atoms with E-state index >= 15 is 0 Å². The van der Waals surface area contributed by atoms with E-state index in [2.05, 4.69) is 6.58 Å². The van der Waals surface area contributed by atoms with Crippen LogP contribution in [0.25, 0.3) is 0 Å². The molecule has 4 nitrogen and oxygen atoms in total. The van der Waals surface area contributed by atoms with Gasteiger partial charge in [-0.15, -0.1) is 0 Å². The number of nitrogens with zero attached hydrogens (tertiary/aromatic N) is 1. The van der Waals surface area contributed by atoms with Gasteiger partial charge >= 0.3 is 6.09 Å². The molecule has 0 aromatic rings. The molecule has 98 valence electrons. The Morgan fingerprint density at radius 3 is 2.71 bits per heavy atom. The molecule has 0 aromatic heterocycles. The zero-order valence-electron chi connectivity index (χ0n) is 11.3.